The SMILES string of the molecule is CC1=Cc2ccoc2C1[Si](C)(C)C1C(C)=Cc2ccoc21.[Cl-].[Cl-].[Zr+2]. The summed E-state index contributed by atoms with van der Waals surface area (Å²) < 4.78 is 11.7. The Morgan fingerprint density at radius 1 is 0.792 bits per heavy atom. The number of fused-ring (bicyclic) bond motifs is 2. The molecule has 0 aliphatic heterocycles. The van der Waals surface area contributed by atoms with E-state index in [1.165, 1.54) is 22.3 Å². The van der Waals surface area contributed by atoms with Crippen LogP contribution < -0.4 is 24.8 Å². The predicted molar refractivity (Wildman–Crippen MR) is 87.7 cm³/mol. The minimum Gasteiger partial charge on any atom is -1.00 e. The quantitative estimate of drug-likeness (QED) is 0.560. The van der Waals surface area contributed by atoms with Crippen LogP contribution in [0.4, 0.5) is 0 Å². The first-order valence-electron chi connectivity index (χ1n) is 7.51. The van der Waals surface area contributed by atoms with Crippen LogP contribution in [0.3, 0.4) is 0 Å². The van der Waals surface area contributed by atoms with Gasteiger partial charge in [-0.3, -0.25) is 0 Å². The summed E-state index contributed by atoms with van der Waals surface area (Å²) in [6.45, 7) is 9.41. The topological polar surface area (TPSA) is 26.3 Å². The summed E-state index contributed by atoms with van der Waals surface area (Å²) in [5.41, 5.74) is 6.27. The van der Waals surface area contributed by atoms with Gasteiger partial charge in [0.15, 0.2) is 0 Å². The number of furan rings is 2. The average Bonchev–Trinajstić information content (AvgIpc) is 3.07. The van der Waals surface area contributed by atoms with Gasteiger partial charge in [0.2, 0.25) is 0 Å². The zero-order chi connectivity index (χ0) is 14.8. The molecule has 4 rings (SSSR count). The third-order valence-electron chi connectivity index (χ3n) is 5.14. The van der Waals surface area contributed by atoms with Crippen molar-refractivity contribution < 1.29 is 59.9 Å². The molecule has 2 unspecified atom stereocenters. The maximum atomic E-state index is 5.84. The van der Waals surface area contributed by atoms with E-state index in [9.17, 15) is 0 Å². The molecule has 126 valence electrons. The van der Waals surface area contributed by atoms with Crippen LogP contribution in [0.25, 0.3) is 12.2 Å². The van der Waals surface area contributed by atoms with Gasteiger partial charge in [-0.15, -0.1) is 0 Å². The molecule has 6 heteroatoms. The molecule has 0 fully saturated rings. The molecule has 2 aromatic rings. The summed E-state index contributed by atoms with van der Waals surface area (Å²) >= 11 is 0. The molecular formula is C18H20Cl2O2SiZr. The minimum atomic E-state index is -1.72. The zero-order valence-electron chi connectivity index (χ0n) is 14.2. The third kappa shape index (κ3) is 3.00. The van der Waals surface area contributed by atoms with Crippen LogP contribution in [-0.4, -0.2) is 8.07 Å². The molecule has 2 aromatic heterocycles. The molecule has 0 bridgehead atoms. The predicted octanol–water partition coefficient (Wildman–Crippen LogP) is -0.634. The van der Waals surface area contributed by atoms with E-state index in [1.54, 1.807) is 0 Å². The summed E-state index contributed by atoms with van der Waals surface area (Å²) in [5.74, 6) is 2.33. The molecular weight excluding hydrogens is 438 g/mol. The maximum absolute atomic E-state index is 5.84. The molecule has 2 aliphatic carbocycles. The Bertz CT molecular complexity index is 724. The molecule has 0 N–H and O–H groups in total. The van der Waals surface area contributed by atoms with Gasteiger partial charge in [-0.05, 0) is 26.0 Å². The van der Waals surface area contributed by atoms with Crippen LogP contribution in [0.15, 0.2) is 44.6 Å². The van der Waals surface area contributed by atoms with Gasteiger partial charge in [-0.1, -0.05) is 36.4 Å². The number of rotatable bonds is 2. The number of hydrogen-bond acceptors (Lipinski definition) is 2. The Balaban J connectivity index is 0.000000960. The smallest absolute Gasteiger partial charge is 1.00 e. The van der Waals surface area contributed by atoms with Crippen molar-refractivity contribution in [3.8, 4) is 0 Å². The van der Waals surface area contributed by atoms with Gasteiger partial charge in [0, 0.05) is 22.2 Å². The standard InChI is InChI=1S/C18H20O2Si.2ClH.Zr/c1-11-9-13-5-7-19-15(13)17(11)21(3,4)18-12(2)10-14-6-8-20-16(14)18;;;/h5-10,17-18H,1-4H3;2*1H;/q;;;+2/p-2. The average molecular weight is 459 g/mol. The van der Waals surface area contributed by atoms with E-state index in [4.69, 9.17) is 8.83 Å². The summed E-state index contributed by atoms with van der Waals surface area (Å²) in [7, 11) is -1.72. The van der Waals surface area contributed by atoms with Gasteiger partial charge >= 0.3 is 26.2 Å². The number of hydrogen-bond donors (Lipinski definition) is 0. The second-order valence-corrected chi connectivity index (χ2v) is 11.7. The first kappa shape index (κ1) is 21.8. The van der Waals surface area contributed by atoms with Gasteiger partial charge in [0.1, 0.15) is 11.5 Å². The van der Waals surface area contributed by atoms with Crippen molar-refractivity contribution >= 4 is 20.2 Å². The van der Waals surface area contributed by atoms with Crippen molar-refractivity contribution in [2.75, 3.05) is 0 Å². The summed E-state index contributed by atoms with van der Waals surface area (Å²) in [6, 6.07) is 4.16. The van der Waals surface area contributed by atoms with Crippen molar-refractivity contribution in [2.24, 2.45) is 0 Å². The Morgan fingerprint density at radius 3 is 1.54 bits per heavy atom. The van der Waals surface area contributed by atoms with Crippen LogP contribution >= 0.6 is 0 Å². The van der Waals surface area contributed by atoms with E-state index in [2.05, 4.69) is 51.2 Å². The van der Waals surface area contributed by atoms with Crippen molar-refractivity contribution in [1.29, 1.82) is 0 Å². The molecule has 24 heavy (non-hydrogen) atoms. The van der Waals surface area contributed by atoms with Gasteiger partial charge in [0.25, 0.3) is 0 Å². The van der Waals surface area contributed by atoms with E-state index in [0.29, 0.717) is 11.1 Å². The van der Waals surface area contributed by atoms with Gasteiger partial charge in [0.05, 0.1) is 20.6 Å². The minimum absolute atomic E-state index is 0. The molecule has 0 amide bonds. The fourth-order valence-corrected chi connectivity index (χ4v) is 9.12. The van der Waals surface area contributed by atoms with Crippen molar-refractivity contribution in [2.45, 2.75) is 38.0 Å². The second-order valence-electron chi connectivity index (χ2n) is 6.94. The first-order valence-corrected chi connectivity index (χ1v) is 10.7. The number of allylic oxidation sites excluding steroid dienone is 2. The zero-order valence-corrected chi connectivity index (χ0v) is 19.2. The molecule has 2 nitrogen and oxygen atoms in total. The first-order chi connectivity index (χ1) is 10.00. The maximum Gasteiger partial charge on any atom is 2.00 e. The van der Waals surface area contributed by atoms with E-state index in [0.717, 1.165) is 11.5 Å². The summed E-state index contributed by atoms with van der Waals surface area (Å²) in [4.78, 5) is 0. The molecule has 2 heterocycles. The molecule has 0 spiro atoms. The Labute approximate surface area is 175 Å². The summed E-state index contributed by atoms with van der Waals surface area (Å²) in [5, 5.41) is 0. The van der Waals surface area contributed by atoms with E-state index in [-0.39, 0.29) is 51.0 Å². The molecule has 0 aromatic carbocycles. The molecule has 0 saturated carbocycles. The van der Waals surface area contributed by atoms with Crippen LogP contribution in [0.1, 0.15) is 47.6 Å². The van der Waals surface area contributed by atoms with E-state index >= 15 is 0 Å². The van der Waals surface area contributed by atoms with Gasteiger partial charge in [-0.2, -0.15) is 0 Å². The molecule has 2 aliphatic rings. The Kier molecular flexibility index (Phi) is 6.83. The van der Waals surface area contributed by atoms with Crippen molar-refractivity contribution in [3.63, 3.8) is 0 Å². The van der Waals surface area contributed by atoms with E-state index < -0.39 is 8.07 Å². The molecule has 0 radical (unpaired) electrons. The summed E-state index contributed by atoms with van der Waals surface area (Å²) in [6.07, 6.45) is 8.21. The monoisotopic (exact) mass is 456 g/mol. The van der Waals surface area contributed by atoms with Crippen LogP contribution in [0, 0.1) is 0 Å². The Morgan fingerprint density at radius 2 is 1.17 bits per heavy atom. The number of halogens is 2. The second kappa shape index (κ2) is 7.53. The van der Waals surface area contributed by atoms with Crippen LogP contribution in [0.2, 0.25) is 13.1 Å². The van der Waals surface area contributed by atoms with Gasteiger partial charge < -0.3 is 33.6 Å². The Hall–Kier alpha value is -0.280. The van der Waals surface area contributed by atoms with Crippen LogP contribution in [-0.2, 0) is 26.2 Å². The van der Waals surface area contributed by atoms with Crippen LogP contribution in [0.5, 0.6) is 0 Å². The normalized spacial score (nSPS) is 20.8. The largest absolute Gasteiger partial charge is 2.00 e. The fourth-order valence-electron chi connectivity index (χ4n) is 4.46. The van der Waals surface area contributed by atoms with Crippen molar-refractivity contribution in [1.82, 2.24) is 0 Å². The third-order valence-corrected chi connectivity index (χ3v) is 9.55. The fraction of sp³-hybridized carbons (Fsp3) is 0.333. The van der Waals surface area contributed by atoms with E-state index in [1.807, 2.05) is 12.5 Å². The van der Waals surface area contributed by atoms with Gasteiger partial charge in [-0.25, -0.2) is 0 Å². The molecule has 2 atom stereocenters. The molecule has 0 saturated heterocycles. The van der Waals surface area contributed by atoms with Crippen molar-refractivity contribution in [3.05, 3.63) is 58.5 Å².